The van der Waals surface area contributed by atoms with Crippen molar-refractivity contribution in [1.82, 2.24) is 0 Å². The number of ketones is 1. The molecule has 0 aliphatic carbocycles. The van der Waals surface area contributed by atoms with Crippen LogP contribution in [-0.2, 0) is 16.0 Å². The maximum atomic E-state index is 13.0. The van der Waals surface area contributed by atoms with Gasteiger partial charge in [0.2, 0.25) is 0 Å². The van der Waals surface area contributed by atoms with Crippen LogP contribution in [0.25, 0.3) is 0 Å². The van der Waals surface area contributed by atoms with Crippen molar-refractivity contribution in [2.45, 2.75) is 137 Å². The zero-order chi connectivity index (χ0) is 25.0. The van der Waals surface area contributed by atoms with E-state index in [-0.39, 0.29) is 5.78 Å². The van der Waals surface area contributed by atoms with Gasteiger partial charge in [0.15, 0.2) is 11.4 Å². The van der Waals surface area contributed by atoms with Crippen LogP contribution in [0, 0.1) is 20.8 Å². The summed E-state index contributed by atoms with van der Waals surface area (Å²) in [5.41, 5.74) is 3.00. The Morgan fingerprint density at radius 2 is 1.41 bits per heavy atom. The molecule has 0 saturated carbocycles. The number of aromatic hydroxyl groups is 1. The van der Waals surface area contributed by atoms with Gasteiger partial charge < -0.3 is 14.6 Å². The standard InChI is InChI=1S/C30H50O4/c1-6-7-8-9-13-16-21-33-22-17-14-11-10-12-15-18-27(31)30(5)20-19-26-25(4)28(32)23(2)24(3)29(26)34-30/h32H,6-22H2,1-5H3. The zero-order valence-corrected chi connectivity index (χ0v) is 22.7. The molecule has 1 aliphatic rings. The van der Waals surface area contributed by atoms with Gasteiger partial charge in [0.1, 0.15) is 11.5 Å². The Labute approximate surface area is 208 Å². The molecule has 0 aromatic heterocycles. The van der Waals surface area contributed by atoms with Crippen LogP contribution in [0.3, 0.4) is 0 Å². The Kier molecular flexibility index (Phi) is 12.5. The van der Waals surface area contributed by atoms with Gasteiger partial charge in [0, 0.05) is 25.2 Å². The van der Waals surface area contributed by atoms with Crippen LogP contribution in [-0.4, -0.2) is 29.7 Å². The van der Waals surface area contributed by atoms with E-state index in [0.717, 1.165) is 66.9 Å². The Balaban J connectivity index is 1.57. The molecule has 194 valence electrons. The minimum Gasteiger partial charge on any atom is -0.507 e. The minimum atomic E-state index is -0.749. The molecule has 1 N–H and O–H groups in total. The average Bonchev–Trinajstić information content (AvgIpc) is 2.83. The van der Waals surface area contributed by atoms with Crippen LogP contribution in [0.1, 0.15) is 126 Å². The first kappa shape index (κ1) is 28.7. The molecular weight excluding hydrogens is 424 g/mol. The predicted molar refractivity (Wildman–Crippen MR) is 141 cm³/mol. The summed E-state index contributed by atoms with van der Waals surface area (Å²) >= 11 is 0. The van der Waals surface area contributed by atoms with Gasteiger partial charge in [-0.3, -0.25) is 4.79 Å². The maximum absolute atomic E-state index is 13.0. The van der Waals surface area contributed by atoms with E-state index >= 15 is 0 Å². The highest BCUT2D eigenvalue weighted by Crippen LogP contribution is 2.43. The van der Waals surface area contributed by atoms with Crippen LogP contribution in [0.4, 0.5) is 0 Å². The summed E-state index contributed by atoms with van der Waals surface area (Å²) in [6, 6.07) is 0. The molecule has 34 heavy (non-hydrogen) atoms. The fourth-order valence-corrected chi connectivity index (χ4v) is 4.99. The normalized spacial score (nSPS) is 17.4. The van der Waals surface area contributed by atoms with E-state index in [1.165, 1.54) is 57.8 Å². The number of hydrogen-bond acceptors (Lipinski definition) is 4. The SMILES string of the molecule is CCCCCCCCOCCCCCCCCC(=O)C1(C)CCc2c(C)c(O)c(C)c(C)c2O1. The summed E-state index contributed by atoms with van der Waals surface area (Å²) in [5.74, 6) is 1.39. The number of unbranched alkanes of at least 4 members (excludes halogenated alkanes) is 10. The fraction of sp³-hybridized carbons (Fsp3) is 0.767. The molecule has 0 spiro atoms. The Hall–Kier alpha value is -1.55. The Morgan fingerprint density at radius 1 is 0.853 bits per heavy atom. The Bertz CT molecular complexity index is 770. The summed E-state index contributed by atoms with van der Waals surface area (Å²) in [7, 11) is 0. The molecule has 4 nitrogen and oxygen atoms in total. The van der Waals surface area contributed by atoms with Crippen molar-refractivity contribution in [3.63, 3.8) is 0 Å². The number of carbonyl (C=O) groups excluding carboxylic acids is 1. The third kappa shape index (κ3) is 8.29. The lowest BCUT2D eigenvalue weighted by atomic mass is 9.84. The summed E-state index contributed by atoms with van der Waals surface area (Å²) in [6.07, 6.45) is 16.7. The van der Waals surface area contributed by atoms with Crippen LogP contribution in [0.15, 0.2) is 0 Å². The first-order valence-corrected chi connectivity index (χ1v) is 13.9. The fourth-order valence-electron chi connectivity index (χ4n) is 4.99. The zero-order valence-electron chi connectivity index (χ0n) is 22.7. The van der Waals surface area contributed by atoms with E-state index < -0.39 is 5.60 Å². The van der Waals surface area contributed by atoms with Gasteiger partial charge in [-0.05, 0) is 76.5 Å². The van der Waals surface area contributed by atoms with Crippen molar-refractivity contribution in [2.24, 2.45) is 0 Å². The Morgan fingerprint density at radius 3 is 2.03 bits per heavy atom. The molecule has 0 radical (unpaired) electrons. The average molecular weight is 475 g/mol. The number of Topliss-reactive ketones (excluding diaryl/α,β-unsaturated/α-hetero) is 1. The molecule has 1 atom stereocenters. The van der Waals surface area contributed by atoms with Crippen LogP contribution >= 0.6 is 0 Å². The van der Waals surface area contributed by atoms with Crippen molar-refractivity contribution in [2.75, 3.05) is 13.2 Å². The van der Waals surface area contributed by atoms with E-state index in [4.69, 9.17) is 9.47 Å². The van der Waals surface area contributed by atoms with Crippen LogP contribution < -0.4 is 4.74 Å². The summed E-state index contributed by atoms with van der Waals surface area (Å²) in [4.78, 5) is 13.0. The molecule has 4 heteroatoms. The first-order valence-electron chi connectivity index (χ1n) is 13.9. The highest BCUT2D eigenvalue weighted by Gasteiger charge is 2.39. The van der Waals surface area contributed by atoms with Gasteiger partial charge >= 0.3 is 0 Å². The lowest BCUT2D eigenvalue weighted by Gasteiger charge is -2.36. The quantitative estimate of drug-likeness (QED) is 0.232. The molecule has 0 amide bonds. The van der Waals surface area contributed by atoms with E-state index in [0.29, 0.717) is 18.6 Å². The second kappa shape index (κ2) is 14.8. The highest BCUT2D eigenvalue weighted by atomic mass is 16.5. The molecule has 1 aromatic rings. The second-order valence-corrected chi connectivity index (χ2v) is 10.5. The number of phenolic OH excluding ortho intramolecular Hbond substituents is 1. The largest absolute Gasteiger partial charge is 0.507 e. The molecule has 1 heterocycles. The molecule has 0 saturated heterocycles. The molecule has 1 unspecified atom stereocenters. The van der Waals surface area contributed by atoms with Gasteiger partial charge in [-0.2, -0.15) is 0 Å². The topological polar surface area (TPSA) is 55.8 Å². The van der Waals surface area contributed by atoms with Crippen molar-refractivity contribution in [3.05, 3.63) is 22.3 Å². The molecule has 1 aromatic carbocycles. The monoisotopic (exact) mass is 474 g/mol. The number of benzene rings is 1. The minimum absolute atomic E-state index is 0.212. The molecule has 1 aliphatic heterocycles. The van der Waals surface area contributed by atoms with Gasteiger partial charge in [-0.25, -0.2) is 0 Å². The third-order valence-corrected chi connectivity index (χ3v) is 7.69. The van der Waals surface area contributed by atoms with Gasteiger partial charge in [-0.15, -0.1) is 0 Å². The van der Waals surface area contributed by atoms with E-state index in [2.05, 4.69) is 6.92 Å². The number of carbonyl (C=O) groups is 1. The van der Waals surface area contributed by atoms with E-state index in [1.54, 1.807) is 0 Å². The molecular formula is C30H50O4. The van der Waals surface area contributed by atoms with Gasteiger partial charge in [-0.1, -0.05) is 64.7 Å². The van der Waals surface area contributed by atoms with Crippen LogP contribution in [0.2, 0.25) is 0 Å². The third-order valence-electron chi connectivity index (χ3n) is 7.69. The van der Waals surface area contributed by atoms with Crippen molar-refractivity contribution < 1.29 is 19.4 Å². The summed E-state index contributed by atoms with van der Waals surface area (Å²) in [5, 5.41) is 10.4. The molecule has 0 fully saturated rings. The lowest BCUT2D eigenvalue weighted by Crippen LogP contribution is -2.44. The second-order valence-electron chi connectivity index (χ2n) is 10.5. The van der Waals surface area contributed by atoms with Gasteiger partial charge in [0.05, 0.1) is 0 Å². The smallest absolute Gasteiger partial charge is 0.176 e. The first-order chi connectivity index (χ1) is 16.3. The summed E-state index contributed by atoms with van der Waals surface area (Å²) in [6.45, 7) is 11.8. The molecule has 2 rings (SSSR count). The van der Waals surface area contributed by atoms with E-state index in [1.807, 2.05) is 27.7 Å². The van der Waals surface area contributed by atoms with Crippen LogP contribution in [0.5, 0.6) is 11.5 Å². The van der Waals surface area contributed by atoms with Crippen molar-refractivity contribution >= 4 is 5.78 Å². The number of phenols is 1. The predicted octanol–water partition coefficient (Wildman–Crippen LogP) is 8.08. The number of fused-ring (bicyclic) bond motifs is 1. The highest BCUT2D eigenvalue weighted by molar-refractivity contribution is 5.87. The van der Waals surface area contributed by atoms with Gasteiger partial charge in [0.25, 0.3) is 0 Å². The lowest BCUT2D eigenvalue weighted by molar-refractivity contribution is -0.134. The summed E-state index contributed by atoms with van der Waals surface area (Å²) < 4.78 is 12.1. The molecule has 0 bridgehead atoms. The van der Waals surface area contributed by atoms with Crippen molar-refractivity contribution in [1.29, 1.82) is 0 Å². The maximum Gasteiger partial charge on any atom is 0.176 e. The van der Waals surface area contributed by atoms with E-state index in [9.17, 15) is 9.90 Å². The van der Waals surface area contributed by atoms with Crippen molar-refractivity contribution in [3.8, 4) is 11.5 Å². The number of rotatable bonds is 17. The number of hydrogen-bond donors (Lipinski definition) is 1. The number of ether oxygens (including phenoxy) is 2.